The molecule has 59 heavy (non-hydrogen) atoms. The summed E-state index contributed by atoms with van der Waals surface area (Å²) in [6.45, 7) is 7.19. The van der Waals surface area contributed by atoms with Crippen LogP contribution in [0, 0.1) is 0 Å². The fourth-order valence-electron chi connectivity index (χ4n) is 8.80. The SMILES string of the molecule is CCn1ccc2cc(N(C(=O)c3cc(-c4cc5c(cc4C(=O)N4Cc6ccccc6C[C@H]4CN4CCOCC4)OCO5)n4ccccc34)c3ccc(O)cc3)ccc21.Cl. The molecule has 7 aromatic rings. The Bertz CT molecular complexity index is 2700. The Hall–Kier alpha value is -6.27. The fourth-order valence-corrected chi connectivity index (χ4v) is 8.80. The van der Waals surface area contributed by atoms with Gasteiger partial charge in [0.15, 0.2) is 11.5 Å². The number of ether oxygens (including phenoxy) is 3. The number of hydrogen-bond acceptors (Lipinski definition) is 7. The van der Waals surface area contributed by atoms with Crippen molar-refractivity contribution in [2.75, 3.05) is 44.5 Å². The quantitative estimate of drug-likeness (QED) is 0.165. The lowest BCUT2D eigenvalue weighted by Crippen LogP contribution is -2.52. The van der Waals surface area contributed by atoms with Gasteiger partial charge in [0.25, 0.3) is 11.8 Å². The van der Waals surface area contributed by atoms with Crippen molar-refractivity contribution >= 4 is 52.0 Å². The van der Waals surface area contributed by atoms with E-state index in [2.05, 4.69) is 40.7 Å². The number of fused-ring (bicyclic) bond motifs is 4. The first kappa shape index (κ1) is 38.3. The minimum Gasteiger partial charge on any atom is -0.508 e. The monoisotopic (exact) mass is 809 g/mol. The van der Waals surface area contributed by atoms with Crippen LogP contribution in [-0.4, -0.2) is 81.4 Å². The standard InChI is InChI=1S/C47H43N5O6.ClH/c1-2-49-18-16-32-24-35(12-15-41(32)49)52(34-10-13-37(53)14-11-34)47(55)40-25-43(50-17-6-5-9-42(40)50)38-26-44-45(58-30-57-44)27-39(38)46(54)51-28-33-8-4-3-7-31(33)23-36(51)29-48-19-21-56-22-20-48;/h3-18,24-27,36,53H,2,19-23,28-30H2,1H3;1H/t36-;/m0./s1. The van der Waals surface area contributed by atoms with E-state index in [1.165, 1.54) is 5.56 Å². The molecule has 2 amide bonds. The molecule has 12 heteroatoms. The predicted molar refractivity (Wildman–Crippen MR) is 229 cm³/mol. The molecule has 3 aliphatic heterocycles. The lowest BCUT2D eigenvalue weighted by Gasteiger charge is -2.40. The summed E-state index contributed by atoms with van der Waals surface area (Å²) in [4.78, 5) is 36.5. The van der Waals surface area contributed by atoms with E-state index in [-0.39, 0.29) is 42.8 Å². The van der Waals surface area contributed by atoms with Crippen LogP contribution in [0.25, 0.3) is 27.7 Å². The van der Waals surface area contributed by atoms with Crippen LogP contribution < -0.4 is 14.4 Å². The van der Waals surface area contributed by atoms with Crippen LogP contribution in [0.2, 0.25) is 0 Å². The Morgan fingerprint density at radius 3 is 2.32 bits per heavy atom. The molecule has 1 fully saturated rings. The number of hydrogen-bond donors (Lipinski definition) is 1. The molecule has 0 spiro atoms. The van der Waals surface area contributed by atoms with Gasteiger partial charge in [0.05, 0.1) is 35.6 Å². The second-order valence-corrected chi connectivity index (χ2v) is 15.1. The minimum absolute atomic E-state index is 0. The Labute approximate surface area is 347 Å². The molecule has 0 bridgehead atoms. The van der Waals surface area contributed by atoms with Crippen molar-refractivity contribution < 1.29 is 28.9 Å². The van der Waals surface area contributed by atoms with Crippen LogP contribution in [0.15, 0.2) is 122 Å². The number of morpholine rings is 1. The number of carbonyl (C=O) groups is 2. The number of phenols is 1. The summed E-state index contributed by atoms with van der Waals surface area (Å²) >= 11 is 0. The van der Waals surface area contributed by atoms with Crippen LogP contribution in [-0.2, 0) is 24.2 Å². The van der Waals surface area contributed by atoms with Crippen molar-refractivity contribution in [2.24, 2.45) is 0 Å². The summed E-state index contributed by atoms with van der Waals surface area (Å²) < 4.78 is 21.6. The summed E-state index contributed by atoms with van der Waals surface area (Å²) in [7, 11) is 0. The van der Waals surface area contributed by atoms with Gasteiger partial charge in [0, 0.05) is 79.0 Å². The minimum atomic E-state index is -0.262. The number of rotatable bonds is 8. The van der Waals surface area contributed by atoms with E-state index in [9.17, 15) is 5.11 Å². The van der Waals surface area contributed by atoms with Crippen LogP contribution in [0.3, 0.4) is 0 Å². The van der Waals surface area contributed by atoms with Crippen LogP contribution in [0.1, 0.15) is 38.8 Å². The molecule has 3 aromatic heterocycles. The normalized spacial score (nSPS) is 16.2. The van der Waals surface area contributed by atoms with Gasteiger partial charge in [0.1, 0.15) is 5.75 Å². The highest BCUT2D eigenvalue weighted by molar-refractivity contribution is 6.16. The third-order valence-electron chi connectivity index (χ3n) is 11.8. The molecule has 11 nitrogen and oxygen atoms in total. The number of benzene rings is 4. The summed E-state index contributed by atoms with van der Waals surface area (Å²) in [5, 5.41) is 11.2. The molecule has 0 radical (unpaired) electrons. The van der Waals surface area contributed by atoms with E-state index < -0.39 is 0 Å². The number of amides is 2. The number of anilines is 2. The van der Waals surface area contributed by atoms with Crippen molar-refractivity contribution in [1.29, 1.82) is 0 Å². The maximum atomic E-state index is 15.2. The number of aromatic hydroxyl groups is 1. The van der Waals surface area contributed by atoms with Gasteiger partial charge >= 0.3 is 0 Å². The highest BCUT2D eigenvalue weighted by Crippen LogP contribution is 2.42. The number of aryl methyl sites for hydroxylation is 1. The van der Waals surface area contributed by atoms with Crippen molar-refractivity contribution in [3.63, 3.8) is 0 Å². The Kier molecular flexibility index (Phi) is 10.3. The summed E-state index contributed by atoms with van der Waals surface area (Å²) in [6.07, 6.45) is 4.71. The van der Waals surface area contributed by atoms with Gasteiger partial charge in [-0.05, 0) is 103 Å². The number of phenolic OH excluding ortho intramolecular Hbond substituents is 1. The van der Waals surface area contributed by atoms with E-state index >= 15 is 9.59 Å². The lowest BCUT2D eigenvalue weighted by molar-refractivity contribution is 0.0193. The number of carbonyl (C=O) groups excluding carboxylic acids is 2. The van der Waals surface area contributed by atoms with Crippen molar-refractivity contribution in [3.05, 3.63) is 144 Å². The Morgan fingerprint density at radius 2 is 1.53 bits per heavy atom. The molecule has 4 aromatic carbocycles. The molecule has 1 N–H and O–H groups in total. The highest BCUT2D eigenvalue weighted by Gasteiger charge is 2.35. The second-order valence-electron chi connectivity index (χ2n) is 15.1. The van der Waals surface area contributed by atoms with E-state index in [0.29, 0.717) is 70.5 Å². The average Bonchev–Trinajstić information content (AvgIpc) is 4.00. The molecule has 1 atom stereocenters. The maximum Gasteiger partial charge on any atom is 0.265 e. The topological polar surface area (TPSA) is 101 Å². The molecular weight excluding hydrogens is 766 g/mol. The molecule has 1 saturated heterocycles. The summed E-state index contributed by atoms with van der Waals surface area (Å²) in [5.74, 6) is 0.779. The van der Waals surface area contributed by atoms with Gasteiger partial charge in [0.2, 0.25) is 6.79 Å². The molecule has 0 aliphatic carbocycles. The zero-order chi connectivity index (χ0) is 39.3. The smallest absolute Gasteiger partial charge is 0.265 e. The Morgan fingerprint density at radius 1 is 0.780 bits per heavy atom. The van der Waals surface area contributed by atoms with Gasteiger partial charge in [-0.2, -0.15) is 0 Å². The largest absolute Gasteiger partial charge is 0.508 e. The van der Waals surface area contributed by atoms with Gasteiger partial charge in [-0.1, -0.05) is 30.3 Å². The molecule has 0 unspecified atom stereocenters. The highest BCUT2D eigenvalue weighted by atomic mass is 35.5. The molecule has 300 valence electrons. The van der Waals surface area contributed by atoms with Gasteiger partial charge in [-0.3, -0.25) is 19.4 Å². The zero-order valence-electron chi connectivity index (χ0n) is 32.6. The number of nitrogens with zero attached hydrogens (tertiary/aromatic N) is 5. The zero-order valence-corrected chi connectivity index (χ0v) is 33.4. The molecule has 3 aliphatic rings. The second kappa shape index (κ2) is 15.8. The first-order valence-corrected chi connectivity index (χ1v) is 19.9. The van der Waals surface area contributed by atoms with Crippen molar-refractivity contribution in [2.45, 2.75) is 32.5 Å². The molecule has 6 heterocycles. The third kappa shape index (κ3) is 6.94. The molecule has 0 saturated carbocycles. The average molecular weight is 810 g/mol. The van der Waals surface area contributed by atoms with Crippen LogP contribution >= 0.6 is 12.4 Å². The number of halogens is 1. The lowest BCUT2D eigenvalue weighted by atomic mass is 9.92. The van der Waals surface area contributed by atoms with Crippen molar-refractivity contribution in [1.82, 2.24) is 18.8 Å². The van der Waals surface area contributed by atoms with E-state index in [4.69, 9.17) is 14.2 Å². The van der Waals surface area contributed by atoms with E-state index in [1.54, 1.807) is 35.2 Å². The van der Waals surface area contributed by atoms with E-state index in [0.717, 1.165) is 49.1 Å². The first-order chi connectivity index (χ1) is 28.4. The maximum absolute atomic E-state index is 15.2. The first-order valence-electron chi connectivity index (χ1n) is 19.9. The Balaban J connectivity index is 0.00000449. The van der Waals surface area contributed by atoms with Crippen molar-refractivity contribution in [3.8, 4) is 28.5 Å². The third-order valence-corrected chi connectivity index (χ3v) is 11.8. The summed E-state index contributed by atoms with van der Waals surface area (Å²) in [5.41, 5.74) is 7.66. The van der Waals surface area contributed by atoms with Gasteiger partial charge in [-0.15, -0.1) is 12.4 Å². The van der Waals surface area contributed by atoms with Gasteiger partial charge < -0.3 is 33.2 Å². The van der Waals surface area contributed by atoms with Gasteiger partial charge in [-0.25, -0.2) is 0 Å². The van der Waals surface area contributed by atoms with Crippen LogP contribution in [0.5, 0.6) is 17.2 Å². The number of pyridine rings is 1. The predicted octanol–water partition coefficient (Wildman–Crippen LogP) is 8.31. The summed E-state index contributed by atoms with van der Waals surface area (Å²) in [6, 6.07) is 34.3. The van der Waals surface area contributed by atoms with E-state index in [1.807, 2.05) is 76.3 Å². The molecular formula is C47H44ClN5O6. The number of aromatic nitrogens is 2. The fraction of sp³-hybridized carbons (Fsp3) is 0.234. The van der Waals surface area contributed by atoms with Crippen LogP contribution in [0.4, 0.5) is 11.4 Å². The molecule has 10 rings (SSSR count).